The Morgan fingerprint density at radius 3 is 2.64 bits per heavy atom. The Hall–Kier alpha value is -3.14. The van der Waals surface area contributed by atoms with Gasteiger partial charge in [-0.15, -0.1) is 0 Å². The molecule has 1 aliphatic heterocycles. The summed E-state index contributed by atoms with van der Waals surface area (Å²) in [4.78, 5) is 28.9. The van der Waals surface area contributed by atoms with Gasteiger partial charge in [0.1, 0.15) is 17.6 Å². The van der Waals surface area contributed by atoms with Crippen LogP contribution >= 0.6 is 0 Å². The molecule has 2 unspecified atom stereocenters. The highest BCUT2D eigenvalue weighted by atomic mass is 16.8. The second-order valence-electron chi connectivity index (χ2n) is 6.51. The molecule has 1 amide bonds. The van der Waals surface area contributed by atoms with E-state index in [9.17, 15) is 24.9 Å². The first-order chi connectivity index (χ1) is 13.1. The van der Waals surface area contributed by atoms with E-state index < -0.39 is 29.3 Å². The third kappa shape index (κ3) is 3.38. The number of Topliss-reactive ketones (excluding diaryl/α,β-unsaturated/α-hetero) is 1. The fraction of sp³-hybridized carbons (Fsp3) is 0.263. The molecule has 148 valence electrons. The van der Waals surface area contributed by atoms with Crippen LogP contribution in [0.25, 0.3) is 0 Å². The van der Waals surface area contributed by atoms with Crippen molar-refractivity contribution in [3.8, 4) is 11.5 Å². The third-order valence-corrected chi connectivity index (χ3v) is 4.38. The molecule has 0 saturated heterocycles. The Balaban J connectivity index is 2.15. The lowest BCUT2D eigenvalue weighted by Crippen LogP contribution is -2.48. The van der Waals surface area contributed by atoms with Gasteiger partial charge in [0.15, 0.2) is 0 Å². The van der Waals surface area contributed by atoms with E-state index in [2.05, 4.69) is 0 Å². The predicted molar refractivity (Wildman–Crippen MR) is 96.6 cm³/mol. The molecule has 2 aromatic rings. The number of ketones is 1. The van der Waals surface area contributed by atoms with Gasteiger partial charge in [-0.1, -0.05) is 12.1 Å². The minimum atomic E-state index is -2.39. The lowest BCUT2D eigenvalue weighted by atomic mass is 9.88. The smallest absolute Gasteiger partial charge is 0.313 e. The number of nitrogens with zero attached hydrogens (tertiary/aromatic N) is 1. The molecule has 2 atom stereocenters. The summed E-state index contributed by atoms with van der Waals surface area (Å²) in [5, 5.41) is 32.2. The van der Waals surface area contributed by atoms with Crippen LogP contribution in [0.1, 0.15) is 29.7 Å². The topological polar surface area (TPSA) is 143 Å². The molecule has 9 heteroatoms. The average molecular weight is 388 g/mol. The van der Waals surface area contributed by atoms with E-state index in [1.165, 1.54) is 6.07 Å². The molecule has 3 rings (SSSR count). The van der Waals surface area contributed by atoms with Crippen LogP contribution in [0.15, 0.2) is 36.4 Å². The number of carbonyl (C=O) groups excluding carboxylic acids is 2. The zero-order chi connectivity index (χ0) is 20.6. The highest BCUT2D eigenvalue weighted by Crippen LogP contribution is 2.49. The number of carbonyl (C=O) groups is 2. The molecule has 0 radical (unpaired) electrons. The average Bonchev–Trinajstić information content (AvgIpc) is 2.60. The molecule has 0 aliphatic carbocycles. The Kier molecular flexibility index (Phi) is 4.99. The molecule has 1 heterocycles. The van der Waals surface area contributed by atoms with Crippen molar-refractivity contribution in [1.29, 1.82) is 0 Å². The number of anilines is 1. The minimum absolute atomic E-state index is 0.0627. The number of aliphatic hydroxyl groups is 1. The van der Waals surface area contributed by atoms with Crippen LogP contribution in [0.4, 0.5) is 5.69 Å². The van der Waals surface area contributed by atoms with E-state index in [0.29, 0.717) is 16.3 Å². The van der Waals surface area contributed by atoms with E-state index in [1.807, 2.05) is 0 Å². The molecular weight excluding hydrogens is 368 g/mol. The Labute approximate surface area is 160 Å². The second kappa shape index (κ2) is 7.12. The van der Waals surface area contributed by atoms with E-state index in [4.69, 9.17) is 15.3 Å². The fourth-order valence-electron chi connectivity index (χ4n) is 3.22. The predicted octanol–water partition coefficient (Wildman–Crippen LogP) is 1.08. The number of hydroxylamine groups is 2. The van der Waals surface area contributed by atoms with Crippen molar-refractivity contribution in [3.63, 3.8) is 0 Å². The van der Waals surface area contributed by atoms with Gasteiger partial charge in [-0.3, -0.25) is 9.59 Å². The summed E-state index contributed by atoms with van der Waals surface area (Å²) in [6.07, 6.45) is -1.19. The first-order valence-corrected chi connectivity index (χ1v) is 8.36. The summed E-state index contributed by atoms with van der Waals surface area (Å²) in [6.45, 7) is 0.995. The molecule has 0 bridgehead atoms. The molecule has 0 aromatic heterocycles. The summed E-state index contributed by atoms with van der Waals surface area (Å²) in [6, 6.07) is 8.79. The first-order valence-electron chi connectivity index (χ1n) is 8.36. The number of phenolic OH excluding ortho intramolecular Hbond substituents is 2. The second-order valence-corrected chi connectivity index (χ2v) is 6.51. The van der Waals surface area contributed by atoms with Crippen molar-refractivity contribution in [2.45, 2.75) is 25.4 Å². The number of phenols is 2. The largest absolute Gasteiger partial charge is 0.508 e. The summed E-state index contributed by atoms with van der Waals surface area (Å²) in [5.74, 6) is -4.90. The first kappa shape index (κ1) is 19.6. The number of fused-ring (bicyclic) bond motifs is 1. The molecule has 5 N–H and O–H groups in total. The van der Waals surface area contributed by atoms with Crippen LogP contribution in [-0.4, -0.2) is 39.1 Å². The lowest BCUT2D eigenvalue weighted by Gasteiger charge is -2.42. The normalized spacial score (nSPS) is 21.0. The number of amides is 1. The number of hydrogen-bond donors (Lipinski definition) is 4. The van der Waals surface area contributed by atoms with Crippen molar-refractivity contribution in [1.82, 2.24) is 5.06 Å². The summed E-state index contributed by atoms with van der Waals surface area (Å²) in [7, 11) is 1.16. The van der Waals surface area contributed by atoms with Crippen LogP contribution in [0.5, 0.6) is 11.5 Å². The quantitative estimate of drug-likeness (QED) is 0.264. The van der Waals surface area contributed by atoms with E-state index in [0.717, 1.165) is 20.0 Å². The highest BCUT2D eigenvalue weighted by Gasteiger charge is 2.50. The number of aromatic hydroxyl groups is 2. The standard InChI is InChI=1S/C19H20N2O7/c1-10(22)18(25)21(2)28-19(26)16-12(7-14(23)8-15(16)24)9-27-17(19)11-4-3-5-13(20)6-11/h3-8,17,23-24,26H,9,20H2,1-2H3. The molecule has 1 aliphatic rings. The lowest BCUT2D eigenvalue weighted by molar-refractivity contribution is -0.364. The molecule has 28 heavy (non-hydrogen) atoms. The van der Waals surface area contributed by atoms with Gasteiger partial charge in [-0.25, -0.2) is 9.90 Å². The maximum Gasteiger partial charge on any atom is 0.313 e. The van der Waals surface area contributed by atoms with Gasteiger partial charge in [0, 0.05) is 25.7 Å². The number of nitrogens with two attached hydrogens (primary N) is 1. The summed E-state index contributed by atoms with van der Waals surface area (Å²) in [5.41, 5.74) is 6.80. The zero-order valence-electron chi connectivity index (χ0n) is 15.2. The molecule has 0 fully saturated rings. The number of ether oxygens (including phenoxy) is 1. The maximum absolute atomic E-state index is 12.0. The van der Waals surface area contributed by atoms with Gasteiger partial charge in [0.2, 0.25) is 5.78 Å². The van der Waals surface area contributed by atoms with Gasteiger partial charge in [-0.05, 0) is 29.3 Å². The number of benzene rings is 2. The zero-order valence-corrected chi connectivity index (χ0v) is 15.2. The fourth-order valence-corrected chi connectivity index (χ4v) is 3.22. The third-order valence-electron chi connectivity index (χ3n) is 4.38. The Morgan fingerprint density at radius 2 is 2.00 bits per heavy atom. The Morgan fingerprint density at radius 1 is 1.29 bits per heavy atom. The Bertz CT molecular complexity index is 946. The molecule has 2 aromatic carbocycles. The van der Waals surface area contributed by atoms with Crippen molar-refractivity contribution in [3.05, 3.63) is 53.1 Å². The van der Waals surface area contributed by atoms with Gasteiger partial charge in [0.05, 0.1) is 12.2 Å². The molecule has 0 spiro atoms. The van der Waals surface area contributed by atoms with Crippen LogP contribution in [0.3, 0.4) is 0 Å². The van der Waals surface area contributed by atoms with Crippen molar-refractivity contribution < 1.29 is 34.5 Å². The number of likely N-dealkylation sites (N-methyl/N-ethyl adjacent to an activating group) is 1. The van der Waals surface area contributed by atoms with Gasteiger partial charge in [-0.2, -0.15) is 0 Å². The highest BCUT2D eigenvalue weighted by molar-refractivity contribution is 6.34. The minimum Gasteiger partial charge on any atom is -0.508 e. The number of hydrogen-bond acceptors (Lipinski definition) is 8. The van der Waals surface area contributed by atoms with Crippen molar-refractivity contribution >= 4 is 17.4 Å². The van der Waals surface area contributed by atoms with Crippen LogP contribution in [0.2, 0.25) is 0 Å². The van der Waals surface area contributed by atoms with Crippen LogP contribution in [-0.2, 0) is 31.6 Å². The van der Waals surface area contributed by atoms with Gasteiger partial charge < -0.3 is 25.8 Å². The summed E-state index contributed by atoms with van der Waals surface area (Å²) < 4.78 is 5.74. The van der Waals surface area contributed by atoms with E-state index in [1.54, 1.807) is 24.3 Å². The van der Waals surface area contributed by atoms with Crippen LogP contribution in [0, 0.1) is 0 Å². The van der Waals surface area contributed by atoms with Crippen molar-refractivity contribution in [2.75, 3.05) is 12.8 Å². The molecule has 0 saturated carbocycles. The van der Waals surface area contributed by atoms with Crippen LogP contribution < -0.4 is 5.73 Å². The van der Waals surface area contributed by atoms with Gasteiger partial charge in [0.25, 0.3) is 5.79 Å². The van der Waals surface area contributed by atoms with E-state index in [-0.39, 0.29) is 23.5 Å². The van der Waals surface area contributed by atoms with Crippen molar-refractivity contribution in [2.24, 2.45) is 0 Å². The molecule has 9 nitrogen and oxygen atoms in total. The maximum atomic E-state index is 12.0. The SMILES string of the molecule is CC(=O)C(=O)N(C)OC1(O)c2c(O)cc(O)cc2COC1c1cccc(N)c1. The number of rotatable bonds is 4. The van der Waals surface area contributed by atoms with Gasteiger partial charge >= 0.3 is 5.91 Å². The molecular formula is C19H20N2O7. The van der Waals surface area contributed by atoms with E-state index >= 15 is 0 Å². The summed E-state index contributed by atoms with van der Waals surface area (Å²) >= 11 is 0. The number of nitrogen functional groups attached to an aromatic ring is 1. The monoisotopic (exact) mass is 388 g/mol.